The maximum atomic E-state index is 5.39. The largest absolute Gasteiger partial charge is 0.496 e. The van der Waals surface area contributed by atoms with E-state index in [1.165, 1.54) is 0 Å². The summed E-state index contributed by atoms with van der Waals surface area (Å²) >= 11 is 0. The molecule has 0 atom stereocenters. The SMILES string of the molecule is COc1ccc(/C=C/CCON)c(OC)c1C. The highest BCUT2D eigenvalue weighted by Crippen LogP contribution is 2.31. The second kappa shape index (κ2) is 6.93. The summed E-state index contributed by atoms with van der Waals surface area (Å²) in [7, 11) is 3.30. The van der Waals surface area contributed by atoms with E-state index in [2.05, 4.69) is 4.84 Å². The predicted molar refractivity (Wildman–Crippen MR) is 68.1 cm³/mol. The van der Waals surface area contributed by atoms with Crippen LogP contribution in [0.2, 0.25) is 0 Å². The fraction of sp³-hybridized carbons (Fsp3) is 0.385. The number of rotatable bonds is 6. The van der Waals surface area contributed by atoms with Crippen LogP contribution in [0.25, 0.3) is 6.08 Å². The third kappa shape index (κ3) is 3.47. The summed E-state index contributed by atoms with van der Waals surface area (Å²) in [5, 5.41) is 0. The Kier molecular flexibility index (Phi) is 5.52. The Bertz CT molecular complexity index is 388. The third-order valence-corrected chi connectivity index (χ3v) is 2.51. The van der Waals surface area contributed by atoms with Gasteiger partial charge < -0.3 is 14.3 Å². The number of hydrogen-bond acceptors (Lipinski definition) is 4. The van der Waals surface area contributed by atoms with Gasteiger partial charge in [-0.15, -0.1) is 0 Å². The van der Waals surface area contributed by atoms with Gasteiger partial charge in [0.25, 0.3) is 0 Å². The molecule has 1 aromatic rings. The van der Waals surface area contributed by atoms with E-state index in [9.17, 15) is 0 Å². The molecular weight excluding hydrogens is 218 g/mol. The molecule has 0 aromatic heterocycles. The fourth-order valence-corrected chi connectivity index (χ4v) is 1.66. The van der Waals surface area contributed by atoms with E-state index in [0.717, 1.165) is 29.0 Å². The van der Waals surface area contributed by atoms with Gasteiger partial charge in [-0.1, -0.05) is 12.2 Å². The summed E-state index contributed by atoms with van der Waals surface area (Å²) < 4.78 is 10.6. The van der Waals surface area contributed by atoms with Crippen LogP contribution >= 0.6 is 0 Å². The Labute approximate surface area is 102 Å². The molecule has 0 fully saturated rings. The Hall–Kier alpha value is -1.52. The van der Waals surface area contributed by atoms with Crippen LogP contribution in [0.4, 0.5) is 0 Å². The minimum atomic E-state index is 0.508. The van der Waals surface area contributed by atoms with Crippen molar-refractivity contribution in [3.05, 3.63) is 29.3 Å². The first-order valence-electron chi connectivity index (χ1n) is 5.44. The zero-order valence-electron chi connectivity index (χ0n) is 10.5. The Balaban J connectivity index is 2.92. The summed E-state index contributed by atoms with van der Waals surface area (Å²) in [4.78, 5) is 4.49. The maximum Gasteiger partial charge on any atom is 0.132 e. The van der Waals surface area contributed by atoms with Gasteiger partial charge in [-0.3, -0.25) is 0 Å². The van der Waals surface area contributed by atoms with Crippen molar-refractivity contribution >= 4 is 6.08 Å². The molecule has 0 spiro atoms. The normalized spacial score (nSPS) is 10.8. The molecule has 0 amide bonds. The Morgan fingerprint density at radius 2 is 2.00 bits per heavy atom. The van der Waals surface area contributed by atoms with Gasteiger partial charge in [-0.25, -0.2) is 5.90 Å². The first-order valence-corrected chi connectivity index (χ1v) is 5.44. The van der Waals surface area contributed by atoms with Gasteiger partial charge in [0.05, 0.1) is 20.8 Å². The topological polar surface area (TPSA) is 53.7 Å². The first kappa shape index (κ1) is 13.5. The van der Waals surface area contributed by atoms with Gasteiger partial charge in [0, 0.05) is 11.1 Å². The minimum absolute atomic E-state index is 0.508. The second-order valence-corrected chi connectivity index (χ2v) is 3.58. The van der Waals surface area contributed by atoms with Crippen LogP contribution in [0, 0.1) is 6.92 Å². The van der Waals surface area contributed by atoms with Crippen LogP contribution in [0.1, 0.15) is 17.5 Å². The highest BCUT2D eigenvalue weighted by Gasteiger charge is 2.08. The molecule has 0 heterocycles. The molecule has 1 aromatic carbocycles. The highest BCUT2D eigenvalue weighted by atomic mass is 16.6. The molecule has 94 valence electrons. The average molecular weight is 237 g/mol. The lowest BCUT2D eigenvalue weighted by atomic mass is 10.1. The van der Waals surface area contributed by atoms with Crippen LogP contribution in [-0.4, -0.2) is 20.8 Å². The summed E-state index contributed by atoms with van der Waals surface area (Å²) in [5.41, 5.74) is 2.01. The zero-order valence-corrected chi connectivity index (χ0v) is 10.5. The lowest BCUT2D eigenvalue weighted by Crippen LogP contribution is -1.99. The molecule has 0 bridgehead atoms. The molecule has 0 aliphatic rings. The number of benzene rings is 1. The van der Waals surface area contributed by atoms with E-state index in [1.807, 2.05) is 31.2 Å². The van der Waals surface area contributed by atoms with Crippen molar-refractivity contribution in [3.8, 4) is 11.5 Å². The molecule has 0 unspecified atom stereocenters. The predicted octanol–water partition coefficient (Wildman–Crippen LogP) is 2.31. The van der Waals surface area contributed by atoms with Crippen molar-refractivity contribution in [1.82, 2.24) is 0 Å². The van der Waals surface area contributed by atoms with Crippen LogP contribution in [0.5, 0.6) is 11.5 Å². The van der Waals surface area contributed by atoms with E-state index in [0.29, 0.717) is 6.61 Å². The van der Waals surface area contributed by atoms with Gasteiger partial charge in [0.2, 0.25) is 0 Å². The van der Waals surface area contributed by atoms with E-state index in [-0.39, 0.29) is 0 Å². The van der Waals surface area contributed by atoms with E-state index in [1.54, 1.807) is 14.2 Å². The zero-order chi connectivity index (χ0) is 12.7. The molecule has 0 saturated carbocycles. The van der Waals surface area contributed by atoms with E-state index in [4.69, 9.17) is 15.4 Å². The van der Waals surface area contributed by atoms with Gasteiger partial charge in [-0.2, -0.15) is 0 Å². The molecular formula is C13H19NO3. The lowest BCUT2D eigenvalue weighted by Gasteiger charge is -2.12. The molecule has 4 nitrogen and oxygen atoms in total. The van der Waals surface area contributed by atoms with Crippen LogP contribution in [-0.2, 0) is 4.84 Å². The number of nitrogens with two attached hydrogens (primary N) is 1. The minimum Gasteiger partial charge on any atom is -0.496 e. The molecule has 17 heavy (non-hydrogen) atoms. The summed E-state index contributed by atoms with van der Waals surface area (Å²) in [6, 6.07) is 3.89. The van der Waals surface area contributed by atoms with Gasteiger partial charge in [0.15, 0.2) is 0 Å². The standard InChI is InChI=1S/C13H19NO3/c1-10-12(15-2)8-7-11(13(10)16-3)6-4-5-9-17-14/h4,6-8H,5,9,14H2,1-3H3/b6-4+. The molecule has 0 saturated heterocycles. The summed E-state index contributed by atoms with van der Waals surface area (Å²) in [5.74, 6) is 6.60. The number of ether oxygens (including phenoxy) is 2. The lowest BCUT2D eigenvalue weighted by molar-refractivity contribution is 0.143. The number of methoxy groups -OCH3 is 2. The van der Waals surface area contributed by atoms with Crippen molar-refractivity contribution < 1.29 is 14.3 Å². The number of hydrogen-bond donors (Lipinski definition) is 1. The molecule has 2 N–H and O–H groups in total. The van der Waals surface area contributed by atoms with Crippen molar-refractivity contribution in [2.75, 3.05) is 20.8 Å². The van der Waals surface area contributed by atoms with Crippen molar-refractivity contribution in [2.24, 2.45) is 5.90 Å². The van der Waals surface area contributed by atoms with Gasteiger partial charge >= 0.3 is 0 Å². The Morgan fingerprint density at radius 3 is 2.59 bits per heavy atom. The monoisotopic (exact) mass is 237 g/mol. The van der Waals surface area contributed by atoms with Crippen LogP contribution < -0.4 is 15.4 Å². The van der Waals surface area contributed by atoms with Crippen LogP contribution in [0.3, 0.4) is 0 Å². The summed E-state index contributed by atoms with van der Waals surface area (Å²) in [6.07, 6.45) is 4.76. The average Bonchev–Trinajstić information content (AvgIpc) is 2.35. The summed E-state index contributed by atoms with van der Waals surface area (Å²) in [6.45, 7) is 2.48. The Morgan fingerprint density at radius 1 is 1.24 bits per heavy atom. The van der Waals surface area contributed by atoms with E-state index < -0.39 is 0 Å². The van der Waals surface area contributed by atoms with E-state index >= 15 is 0 Å². The second-order valence-electron chi connectivity index (χ2n) is 3.58. The third-order valence-electron chi connectivity index (χ3n) is 2.51. The van der Waals surface area contributed by atoms with Crippen molar-refractivity contribution in [2.45, 2.75) is 13.3 Å². The highest BCUT2D eigenvalue weighted by molar-refractivity contribution is 5.62. The van der Waals surface area contributed by atoms with Gasteiger partial charge in [-0.05, 0) is 25.5 Å². The first-order chi connectivity index (χ1) is 8.24. The van der Waals surface area contributed by atoms with Crippen molar-refractivity contribution in [1.29, 1.82) is 0 Å². The molecule has 0 aliphatic heterocycles. The van der Waals surface area contributed by atoms with Gasteiger partial charge in [0.1, 0.15) is 11.5 Å². The quantitative estimate of drug-likeness (QED) is 0.609. The fourth-order valence-electron chi connectivity index (χ4n) is 1.66. The van der Waals surface area contributed by atoms with Crippen molar-refractivity contribution in [3.63, 3.8) is 0 Å². The molecule has 1 rings (SSSR count). The van der Waals surface area contributed by atoms with Crippen LogP contribution in [0.15, 0.2) is 18.2 Å². The maximum absolute atomic E-state index is 5.39. The smallest absolute Gasteiger partial charge is 0.132 e. The molecule has 4 heteroatoms. The molecule has 0 radical (unpaired) electrons. The molecule has 0 aliphatic carbocycles.